The van der Waals surface area contributed by atoms with Gasteiger partial charge in [0, 0.05) is 25.8 Å². The molecule has 0 N–H and O–H groups in total. The van der Waals surface area contributed by atoms with Crippen molar-refractivity contribution < 1.29 is 19.1 Å². The van der Waals surface area contributed by atoms with Gasteiger partial charge in [-0.3, -0.25) is 4.79 Å². The maximum absolute atomic E-state index is 12.9. The molecule has 1 aliphatic heterocycles. The van der Waals surface area contributed by atoms with Crippen LogP contribution in [0.3, 0.4) is 0 Å². The summed E-state index contributed by atoms with van der Waals surface area (Å²) in [6.07, 6.45) is 4.07. The van der Waals surface area contributed by atoms with Gasteiger partial charge in [-0.25, -0.2) is 9.78 Å². The highest BCUT2D eigenvalue weighted by Gasteiger charge is 2.44. The van der Waals surface area contributed by atoms with Gasteiger partial charge in [-0.15, -0.1) is 11.3 Å². The third-order valence-corrected chi connectivity index (χ3v) is 6.39. The van der Waals surface area contributed by atoms with E-state index in [1.54, 1.807) is 16.2 Å². The third-order valence-electron chi connectivity index (χ3n) is 5.58. The second-order valence-electron chi connectivity index (χ2n) is 7.36. The molecular formula is C20H24N2O4S. The van der Waals surface area contributed by atoms with Crippen LogP contribution in [0.1, 0.15) is 31.2 Å². The molecule has 27 heavy (non-hydrogen) atoms. The highest BCUT2D eigenvalue weighted by atomic mass is 32.1. The number of carbonyl (C=O) groups excluding carboxylic acids is 2. The maximum Gasteiger partial charge on any atom is 0.396 e. The van der Waals surface area contributed by atoms with E-state index in [-0.39, 0.29) is 6.04 Å². The first kappa shape index (κ1) is 18.4. The Kier molecular flexibility index (Phi) is 5.41. The summed E-state index contributed by atoms with van der Waals surface area (Å²) in [5.41, 5.74) is 3.74. The van der Waals surface area contributed by atoms with Gasteiger partial charge in [0.25, 0.3) is 0 Å². The first-order chi connectivity index (χ1) is 13.2. The average Bonchev–Trinajstić information content (AvgIpc) is 3.43. The van der Waals surface area contributed by atoms with Gasteiger partial charge >= 0.3 is 11.9 Å². The molecule has 1 aliphatic carbocycles. The second kappa shape index (κ2) is 7.94. The van der Waals surface area contributed by atoms with Crippen molar-refractivity contribution in [2.45, 2.75) is 38.3 Å². The Bertz CT molecular complexity index is 826. The van der Waals surface area contributed by atoms with Crippen LogP contribution in [0.2, 0.25) is 0 Å². The molecule has 1 saturated carbocycles. The molecule has 2 aliphatic rings. The summed E-state index contributed by atoms with van der Waals surface area (Å²) in [5.74, 6) is -0.505. The predicted octanol–water partition coefficient (Wildman–Crippen LogP) is 3.00. The number of methoxy groups -OCH3 is 1. The molecule has 2 aromatic rings. The molecule has 2 heterocycles. The quantitative estimate of drug-likeness (QED) is 0.582. The summed E-state index contributed by atoms with van der Waals surface area (Å²) >= 11 is 1.59. The lowest BCUT2D eigenvalue weighted by Crippen LogP contribution is -2.49. The fourth-order valence-corrected chi connectivity index (χ4v) is 4.76. The molecule has 6 nitrogen and oxygen atoms in total. The lowest BCUT2D eigenvalue weighted by Gasteiger charge is -2.38. The number of ether oxygens (including phenoxy) is 2. The molecule has 0 spiro atoms. The lowest BCUT2D eigenvalue weighted by molar-refractivity contribution is -0.161. The van der Waals surface area contributed by atoms with Crippen LogP contribution >= 0.6 is 11.3 Å². The Morgan fingerprint density at radius 3 is 2.70 bits per heavy atom. The average molecular weight is 388 g/mol. The molecule has 1 aromatic carbocycles. The van der Waals surface area contributed by atoms with Crippen molar-refractivity contribution in [3.8, 4) is 0 Å². The van der Waals surface area contributed by atoms with Crippen LogP contribution in [-0.2, 0) is 25.6 Å². The van der Waals surface area contributed by atoms with Gasteiger partial charge in [-0.1, -0.05) is 6.07 Å². The van der Waals surface area contributed by atoms with Crippen molar-refractivity contribution in [2.24, 2.45) is 11.8 Å². The summed E-state index contributed by atoms with van der Waals surface area (Å²) in [6, 6.07) is 6.12. The first-order valence-electron chi connectivity index (χ1n) is 9.46. The van der Waals surface area contributed by atoms with Crippen LogP contribution in [0.5, 0.6) is 0 Å². The van der Waals surface area contributed by atoms with Gasteiger partial charge in [-0.2, -0.15) is 0 Å². The largest absolute Gasteiger partial charge is 0.462 e. The lowest BCUT2D eigenvalue weighted by atomic mass is 9.87. The van der Waals surface area contributed by atoms with E-state index in [1.807, 2.05) is 23.7 Å². The molecule has 1 amide bonds. The van der Waals surface area contributed by atoms with Crippen LogP contribution in [0, 0.1) is 11.8 Å². The van der Waals surface area contributed by atoms with Crippen LogP contribution in [-0.4, -0.2) is 48.1 Å². The van der Waals surface area contributed by atoms with E-state index in [0.717, 1.165) is 54.7 Å². The van der Waals surface area contributed by atoms with Gasteiger partial charge in [0.15, 0.2) is 0 Å². The Morgan fingerprint density at radius 2 is 2.00 bits per heavy atom. The first-order valence-corrected chi connectivity index (χ1v) is 10.3. The van der Waals surface area contributed by atoms with E-state index in [9.17, 15) is 9.59 Å². The zero-order valence-corrected chi connectivity index (χ0v) is 16.2. The fraction of sp³-hybridized carbons (Fsp3) is 0.550. The number of aromatic nitrogens is 1. The maximum atomic E-state index is 12.9. The molecule has 7 heteroatoms. The third kappa shape index (κ3) is 3.99. The van der Waals surface area contributed by atoms with E-state index < -0.39 is 11.9 Å². The molecule has 1 saturated heterocycles. The summed E-state index contributed by atoms with van der Waals surface area (Å²) in [4.78, 5) is 31.1. The molecule has 1 atom stereocenters. The zero-order valence-electron chi connectivity index (χ0n) is 15.4. The zero-order chi connectivity index (χ0) is 18.8. The molecular weight excluding hydrogens is 364 g/mol. The van der Waals surface area contributed by atoms with Gasteiger partial charge in [0.1, 0.15) is 0 Å². The van der Waals surface area contributed by atoms with Crippen LogP contribution < -0.4 is 0 Å². The molecule has 144 valence electrons. The van der Waals surface area contributed by atoms with Crippen molar-refractivity contribution in [3.63, 3.8) is 0 Å². The van der Waals surface area contributed by atoms with E-state index in [2.05, 4.69) is 4.98 Å². The van der Waals surface area contributed by atoms with E-state index in [0.29, 0.717) is 18.4 Å². The van der Waals surface area contributed by atoms with Crippen molar-refractivity contribution in [3.05, 3.63) is 29.3 Å². The molecule has 0 bridgehead atoms. The van der Waals surface area contributed by atoms with Gasteiger partial charge in [-0.05, 0) is 55.2 Å². The van der Waals surface area contributed by atoms with Crippen LogP contribution in [0.25, 0.3) is 10.2 Å². The van der Waals surface area contributed by atoms with Gasteiger partial charge in [0.05, 0.1) is 22.8 Å². The minimum atomic E-state index is -0.789. The molecule has 0 radical (unpaired) electrons. The number of carbonyl (C=O) groups is 2. The number of esters is 1. The topological polar surface area (TPSA) is 68.7 Å². The molecule has 2 fully saturated rings. The summed E-state index contributed by atoms with van der Waals surface area (Å²) < 4.78 is 11.4. The number of hydrogen-bond acceptors (Lipinski definition) is 6. The highest BCUT2D eigenvalue weighted by molar-refractivity contribution is 7.16. The summed E-state index contributed by atoms with van der Waals surface area (Å²) in [6.45, 7) is 1.85. The smallest absolute Gasteiger partial charge is 0.396 e. The van der Waals surface area contributed by atoms with Crippen molar-refractivity contribution in [1.29, 1.82) is 0 Å². The van der Waals surface area contributed by atoms with E-state index in [4.69, 9.17) is 9.47 Å². The van der Waals surface area contributed by atoms with Crippen molar-refractivity contribution in [2.75, 3.05) is 20.3 Å². The standard InChI is InChI=1S/C20H24N2O4S/c1-25-20(24)19(23)22(11-13-2-5-17-16(10-13)21-12-27-17)18(14-3-4-14)15-6-8-26-9-7-15/h2,5,10,12,14-15,18H,3-4,6-9,11H2,1H3. The second-order valence-corrected chi connectivity index (χ2v) is 8.24. The predicted molar refractivity (Wildman–Crippen MR) is 102 cm³/mol. The summed E-state index contributed by atoms with van der Waals surface area (Å²) in [5, 5.41) is 0. The van der Waals surface area contributed by atoms with Crippen molar-refractivity contribution in [1.82, 2.24) is 9.88 Å². The highest BCUT2D eigenvalue weighted by Crippen LogP contribution is 2.42. The van der Waals surface area contributed by atoms with Crippen LogP contribution in [0.15, 0.2) is 23.7 Å². The number of nitrogens with zero attached hydrogens (tertiary/aromatic N) is 2. The number of benzene rings is 1. The Morgan fingerprint density at radius 1 is 1.26 bits per heavy atom. The van der Waals surface area contributed by atoms with Gasteiger partial charge in [0.2, 0.25) is 0 Å². The molecule has 4 rings (SSSR count). The number of thiazole rings is 1. The number of fused-ring (bicyclic) bond motifs is 1. The molecule has 1 unspecified atom stereocenters. The Balaban J connectivity index is 1.64. The Hall–Kier alpha value is -1.99. The van der Waals surface area contributed by atoms with Gasteiger partial charge < -0.3 is 14.4 Å². The minimum Gasteiger partial charge on any atom is -0.462 e. The number of rotatable bonds is 5. The van der Waals surface area contributed by atoms with Crippen LogP contribution in [0.4, 0.5) is 0 Å². The van der Waals surface area contributed by atoms with E-state index >= 15 is 0 Å². The minimum absolute atomic E-state index is 0.0617. The monoisotopic (exact) mass is 388 g/mol. The number of amides is 1. The summed E-state index contributed by atoms with van der Waals surface area (Å²) in [7, 11) is 1.26. The normalized spacial score (nSPS) is 19.0. The molecule has 1 aromatic heterocycles. The fourth-order valence-electron chi connectivity index (χ4n) is 4.10. The van der Waals surface area contributed by atoms with E-state index in [1.165, 1.54) is 7.11 Å². The SMILES string of the molecule is COC(=O)C(=O)N(Cc1ccc2scnc2c1)C(C1CCOCC1)C1CC1. The van der Waals surface area contributed by atoms with Crippen molar-refractivity contribution >= 4 is 33.4 Å². The Labute approximate surface area is 162 Å². The number of hydrogen-bond donors (Lipinski definition) is 0.